The Morgan fingerprint density at radius 2 is 1.53 bits per heavy atom. The van der Waals surface area contributed by atoms with E-state index in [-0.39, 0.29) is 0 Å². The number of hydrogen-bond donors (Lipinski definition) is 1. The van der Waals surface area contributed by atoms with Gasteiger partial charge in [0.25, 0.3) is 0 Å². The molecule has 0 unspecified atom stereocenters. The fraction of sp³-hybridized carbons (Fsp3) is 0.143. The predicted molar refractivity (Wildman–Crippen MR) is 75.6 cm³/mol. The quantitative estimate of drug-likeness (QED) is 0.820. The number of benzene rings is 2. The lowest BCUT2D eigenvalue weighted by Gasteiger charge is -2.13. The molecule has 2 aromatic carbocycles. The Morgan fingerprint density at radius 1 is 0.941 bits per heavy atom. The number of halogens is 1. The number of nitrogens with zero attached hydrogens (tertiary/aromatic N) is 1. The Kier molecular flexibility index (Phi) is 3.25. The van der Waals surface area contributed by atoms with E-state index in [0.717, 1.165) is 11.1 Å². The Bertz CT molecular complexity index is 518. The van der Waals surface area contributed by atoms with Crippen LogP contribution < -0.4 is 10.6 Å². The van der Waals surface area contributed by atoms with Crippen LogP contribution in [-0.2, 0) is 0 Å². The molecular weight excluding hydrogens is 232 g/mol. The Labute approximate surface area is 107 Å². The molecule has 0 saturated carbocycles. The first-order valence-electron chi connectivity index (χ1n) is 5.41. The molecular formula is C14H15ClN2. The van der Waals surface area contributed by atoms with Gasteiger partial charge in [-0.2, -0.15) is 0 Å². The zero-order valence-corrected chi connectivity index (χ0v) is 10.7. The summed E-state index contributed by atoms with van der Waals surface area (Å²) >= 11 is 5.90. The van der Waals surface area contributed by atoms with Gasteiger partial charge in [0.15, 0.2) is 0 Å². The van der Waals surface area contributed by atoms with Gasteiger partial charge in [0, 0.05) is 19.8 Å². The highest BCUT2D eigenvalue weighted by atomic mass is 35.5. The summed E-state index contributed by atoms with van der Waals surface area (Å²) in [6.45, 7) is 0. The number of rotatable bonds is 2. The third-order valence-corrected chi connectivity index (χ3v) is 3.06. The standard InChI is InChI=1S/C14H15ClN2/c1-17(2)12-6-3-10(4-7-12)11-5-8-13(15)14(16)9-11/h3-9H,16H2,1-2H3. The van der Waals surface area contributed by atoms with Crippen molar-refractivity contribution >= 4 is 23.0 Å². The normalized spacial score (nSPS) is 10.3. The minimum atomic E-state index is 0.596. The SMILES string of the molecule is CN(C)c1ccc(-c2ccc(Cl)c(N)c2)cc1. The van der Waals surface area contributed by atoms with Crippen molar-refractivity contribution in [3.8, 4) is 11.1 Å². The summed E-state index contributed by atoms with van der Waals surface area (Å²) in [7, 11) is 4.05. The second-order valence-corrected chi connectivity index (χ2v) is 4.58. The number of anilines is 2. The van der Waals surface area contributed by atoms with Gasteiger partial charge in [0.05, 0.1) is 10.7 Å². The van der Waals surface area contributed by atoms with Crippen LogP contribution >= 0.6 is 11.6 Å². The van der Waals surface area contributed by atoms with Crippen LogP contribution in [0.5, 0.6) is 0 Å². The highest BCUT2D eigenvalue weighted by molar-refractivity contribution is 6.33. The molecule has 0 amide bonds. The van der Waals surface area contributed by atoms with Crippen molar-refractivity contribution in [1.29, 1.82) is 0 Å². The summed E-state index contributed by atoms with van der Waals surface area (Å²) in [5.74, 6) is 0. The lowest BCUT2D eigenvalue weighted by Crippen LogP contribution is -2.07. The third kappa shape index (κ3) is 2.53. The van der Waals surface area contributed by atoms with Crippen LogP contribution in [0.4, 0.5) is 11.4 Å². The third-order valence-electron chi connectivity index (χ3n) is 2.71. The summed E-state index contributed by atoms with van der Waals surface area (Å²) in [5.41, 5.74) is 9.80. The molecule has 2 nitrogen and oxygen atoms in total. The Hall–Kier alpha value is -1.67. The maximum atomic E-state index is 5.90. The van der Waals surface area contributed by atoms with E-state index in [9.17, 15) is 0 Å². The molecule has 17 heavy (non-hydrogen) atoms. The molecule has 0 aliphatic carbocycles. The maximum Gasteiger partial charge on any atom is 0.0635 e. The second-order valence-electron chi connectivity index (χ2n) is 4.18. The molecule has 0 fully saturated rings. The molecule has 0 radical (unpaired) electrons. The molecule has 88 valence electrons. The molecule has 0 aromatic heterocycles. The zero-order chi connectivity index (χ0) is 12.4. The number of nitrogen functional groups attached to an aromatic ring is 1. The van der Waals surface area contributed by atoms with Crippen LogP contribution in [0.2, 0.25) is 5.02 Å². The number of hydrogen-bond acceptors (Lipinski definition) is 2. The van der Waals surface area contributed by atoms with Gasteiger partial charge in [0.2, 0.25) is 0 Å². The molecule has 0 atom stereocenters. The van der Waals surface area contributed by atoms with Crippen LogP contribution in [0.1, 0.15) is 0 Å². The largest absolute Gasteiger partial charge is 0.398 e. The van der Waals surface area contributed by atoms with E-state index in [4.69, 9.17) is 17.3 Å². The predicted octanol–water partition coefficient (Wildman–Crippen LogP) is 3.66. The smallest absolute Gasteiger partial charge is 0.0635 e. The van der Waals surface area contributed by atoms with Crippen molar-refractivity contribution in [2.75, 3.05) is 24.7 Å². The van der Waals surface area contributed by atoms with E-state index < -0.39 is 0 Å². The Balaban J connectivity index is 2.36. The summed E-state index contributed by atoms with van der Waals surface area (Å²) in [4.78, 5) is 2.07. The minimum absolute atomic E-state index is 0.596. The van der Waals surface area contributed by atoms with Gasteiger partial charge in [-0.05, 0) is 35.4 Å². The van der Waals surface area contributed by atoms with E-state index in [1.54, 1.807) is 0 Å². The van der Waals surface area contributed by atoms with Gasteiger partial charge in [-0.3, -0.25) is 0 Å². The first-order valence-corrected chi connectivity index (χ1v) is 5.78. The van der Waals surface area contributed by atoms with Crippen LogP contribution in [0.3, 0.4) is 0 Å². The summed E-state index contributed by atoms with van der Waals surface area (Å²) in [5, 5.41) is 0.596. The second kappa shape index (κ2) is 4.68. The average molecular weight is 247 g/mol. The molecule has 0 bridgehead atoms. The monoisotopic (exact) mass is 246 g/mol. The van der Waals surface area contributed by atoms with Crippen molar-refractivity contribution in [1.82, 2.24) is 0 Å². The summed E-state index contributed by atoms with van der Waals surface area (Å²) in [6.07, 6.45) is 0. The van der Waals surface area contributed by atoms with Gasteiger partial charge < -0.3 is 10.6 Å². The van der Waals surface area contributed by atoms with E-state index in [2.05, 4.69) is 29.2 Å². The maximum absolute atomic E-state index is 5.90. The zero-order valence-electron chi connectivity index (χ0n) is 9.94. The van der Waals surface area contributed by atoms with Gasteiger partial charge in [-0.15, -0.1) is 0 Å². The molecule has 0 aliphatic heterocycles. The first kappa shape index (κ1) is 11.8. The molecule has 2 rings (SSSR count). The van der Waals surface area contributed by atoms with Crippen LogP contribution in [0, 0.1) is 0 Å². The van der Waals surface area contributed by atoms with Crippen molar-refractivity contribution in [3.05, 3.63) is 47.5 Å². The minimum Gasteiger partial charge on any atom is -0.398 e. The van der Waals surface area contributed by atoms with E-state index in [1.165, 1.54) is 5.69 Å². The first-order chi connectivity index (χ1) is 8.08. The summed E-state index contributed by atoms with van der Waals surface area (Å²) in [6, 6.07) is 14.0. The van der Waals surface area contributed by atoms with Gasteiger partial charge in [-0.25, -0.2) is 0 Å². The van der Waals surface area contributed by atoms with Gasteiger partial charge in [0.1, 0.15) is 0 Å². The average Bonchev–Trinajstić information content (AvgIpc) is 2.33. The van der Waals surface area contributed by atoms with Crippen LogP contribution in [0.25, 0.3) is 11.1 Å². The molecule has 0 spiro atoms. The van der Waals surface area contributed by atoms with Crippen molar-refractivity contribution in [2.24, 2.45) is 0 Å². The fourth-order valence-electron chi connectivity index (χ4n) is 1.68. The molecule has 2 N–H and O–H groups in total. The van der Waals surface area contributed by atoms with Gasteiger partial charge >= 0.3 is 0 Å². The van der Waals surface area contributed by atoms with Crippen molar-refractivity contribution < 1.29 is 0 Å². The Morgan fingerprint density at radius 3 is 2.06 bits per heavy atom. The molecule has 0 saturated heterocycles. The van der Waals surface area contributed by atoms with Crippen molar-refractivity contribution in [2.45, 2.75) is 0 Å². The van der Waals surface area contributed by atoms with Crippen LogP contribution in [0.15, 0.2) is 42.5 Å². The lowest BCUT2D eigenvalue weighted by atomic mass is 10.0. The van der Waals surface area contributed by atoms with E-state index in [1.807, 2.05) is 32.3 Å². The molecule has 0 aliphatic rings. The lowest BCUT2D eigenvalue weighted by molar-refractivity contribution is 1.13. The summed E-state index contributed by atoms with van der Waals surface area (Å²) < 4.78 is 0. The van der Waals surface area contributed by atoms with E-state index >= 15 is 0 Å². The molecule has 2 aromatic rings. The number of nitrogens with two attached hydrogens (primary N) is 1. The van der Waals surface area contributed by atoms with E-state index in [0.29, 0.717) is 10.7 Å². The highest BCUT2D eigenvalue weighted by Gasteiger charge is 2.02. The highest BCUT2D eigenvalue weighted by Crippen LogP contribution is 2.27. The van der Waals surface area contributed by atoms with Crippen LogP contribution in [-0.4, -0.2) is 14.1 Å². The fourth-order valence-corrected chi connectivity index (χ4v) is 1.79. The van der Waals surface area contributed by atoms with Gasteiger partial charge in [-0.1, -0.05) is 29.8 Å². The molecule has 0 heterocycles. The molecule has 3 heteroatoms. The topological polar surface area (TPSA) is 29.3 Å². The van der Waals surface area contributed by atoms with Crippen molar-refractivity contribution in [3.63, 3.8) is 0 Å².